The molecule has 0 aliphatic rings. The molecule has 3 aromatic rings. The van der Waals surface area contributed by atoms with Crippen LogP contribution < -0.4 is 9.47 Å². The molecule has 0 radical (unpaired) electrons. The monoisotopic (exact) mass is 474 g/mol. The smallest absolute Gasteiger partial charge is 0.270 e. The number of hydrogen-bond acceptors (Lipinski definition) is 5. The molecule has 6 nitrogen and oxygen atoms in total. The minimum Gasteiger partial charge on any atom is -0.490 e. The van der Waals surface area contributed by atoms with Crippen LogP contribution in [0.15, 0.2) is 73.3 Å². The summed E-state index contributed by atoms with van der Waals surface area (Å²) < 4.78 is 12.0. The summed E-state index contributed by atoms with van der Waals surface area (Å²) >= 11 is 5.97. The minimum atomic E-state index is -0.485. The van der Waals surface area contributed by atoms with Crippen molar-refractivity contribution in [2.75, 3.05) is 6.61 Å². The van der Waals surface area contributed by atoms with Crippen LogP contribution >= 0.6 is 11.6 Å². The van der Waals surface area contributed by atoms with Crippen molar-refractivity contribution in [1.29, 1.82) is 5.26 Å². The SMILES string of the molecule is C=CCc1cc(/C=C(/C#N)c2cccc([N+](=O)[O-])c2)cc(OCC)c1OCc1ccc(Cl)cc1. The van der Waals surface area contributed by atoms with E-state index >= 15 is 0 Å². The van der Waals surface area contributed by atoms with Crippen molar-refractivity contribution in [3.63, 3.8) is 0 Å². The molecule has 0 fully saturated rings. The van der Waals surface area contributed by atoms with E-state index in [1.807, 2.05) is 25.1 Å². The van der Waals surface area contributed by atoms with E-state index in [0.29, 0.717) is 52.9 Å². The summed E-state index contributed by atoms with van der Waals surface area (Å²) in [7, 11) is 0. The van der Waals surface area contributed by atoms with E-state index in [4.69, 9.17) is 21.1 Å². The fourth-order valence-corrected chi connectivity index (χ4v) is 3.50. The minimum absolute atomic E-state index is 0.0769. The first kappa shape index (κ1) is 24.6. The third-order valence-electron chi connectivity index (χ3n) is 4.91. The molecule has 0 N–H and O–H groups in total. The highest BCUT2D eigenvalue weighted by Crippen LogP contribution is 2.36. The van der Waals surface area contributed by atoms with Crippen LogP contribution in [-0.2, 0) is 13.0 Å². The van der Waals surface area contributed by atoms with Gasteiger partial charge in [0.25, 0.3) is 5.69 Å². The number of halogens is 1. The van der Waals surface area contributed by atoms with Crippen LogP contribution in [0.25, 0.3) is 11.6 Å². The van der Waals surface area contributed by atoms with Crippen LogP contribution in [0.2, 0.25) is 5.02 Å². The van der Waals surface area contributed by atoms with Gasteiger partial charge in [0.15, 0.2) is 11.5 Å². The summed E-state index contributed by atoms with van der Waals surface area (Å²) in [4.78, 5) is 10.6. The fourth-order valence-electron chi connectivity index (χ4n) is 3.37. The highest BCUT2D eigenvalue weighted by atomic mass is 35.5. The summed E-state index contributed by atoms with van der Waals surface area (Å²) in [5.41, 5.74) is 3.19. The third-order valence-corrected chi connectivity index (χ3v) is 5.17. The second-order valence-corrected chi connectivity index (χ2v) is 7.76. The Hall–Kier alpha value is -4.08. The number of ether oxygens (including phenoxy) is 2. The molecule has 0 heterocycles. The molecule has 3 aromatic carbocycles. The molecule has 0 atom stereocenters. The summed E-state index contributed by atoms with van der Waals surface area (Å²) in [5.74, 6) is 1.14. The largest absolute Gasteiger partial charge is 0.490 e. The number of nitrogens with zero attached hydrogens (tertiary/aromatic N) is 2. The van der Waals surface area contributed by atoms with Crippen LogP contribution in [0.1, 0.15) is 29.2 Å². The van der Waals surface area contributed by atoms with Crippen LogP contribution in [0, 0.1) is 21.4 Å². The maximum Gasteiger partial charge on any atom is 0.270 e. The van der Waals surface area contributed by atoms with Gasteiger partial charge >= 0.3 is 0 Å². The number of nitro groups is 1. The van der Waals surface area contributed by atoms with E-state index < -0.39 is 4.92 Å². The number of nitriles is 1. The van der Waals surface area contributed by atoms with Crippen molar-refractivity contribution >= 4 is 28.9 Å². The van der Waals surface area contributed by atoms with Gasteiger partial charge < -0.3 is 9.47 Å². The molecule has 3 rings (SSSR count). The predicted molar refractivity (Wildman–Crippen MR) is 134 cm³/mol. The molecule has 0 aliphatic heterocycles. The Labute approximate surface area is 203 Å². The van der Waals surface area contributed by atoms with Crippen LogP contribution in [0.5, 0.6) is 11.5 Å². The maximum absolute atomic E-state index is 11.1. The van der Waals surface area contributed by atoms with E-state index in [1.54, 1.807) is 42.5 Å². The van der Waals surface area contributed by atoms with Crippen molar-refractivity contribution in [2.45, 2.75) is 20.0 Å². The van der Waals surface area contributed by atoms with E-state index in [9.17, 15) is 15.4 Å². The van der Waals surface area contributed by atoms with Crippen molar-refractivity contribution < 1.29 is 14.4 Å². The summed E-state index contributed by atoms with van der Waals surface area (Å²) in [6, 6.07) is 19.2. The Bertz CT molecular complexity index is 1260. The molecule has 172 valence electrons. The van der Waals surface area contributed by atoms with Crippen molar-refractivity contribution in [3.05, 3.63) is 111 Å². The van der Waals surface area contributed by atoms with E-state index in [1.165, 1.54) is 12.1 Å². The van der Waals surface area contributed by atoms with Gasteiger partial charge in [-0.15, -0.1) is 6.58 Å². The average molecular weight is 475 g/mol. The second kappa shape index (κ2) is 11.7. The molecule has 0 bridgehead atoms. The van der Waals surface area contributed by atoms with Gasteiger partial charge in [0.2, 0.25) is 0 Å². The zero-order valence-electron chi connectivity index (χ0n) is 18.7. The Morgan fingerprint density at radius 1 is 1.18 bits per heavy atom. The van der Waals surface area contributed by atoms with Gasteiger partial charge in [0.1, 0.15) is 6.61 Å². The first-order chi connectivity index (χ1) is 16.4. The van der Waals surface area contributed by atoms with Crippen LogP contribution in [-0.4, -0.2) is 11.5 Å². The molecule has 0 unspecified atom stereocenters. The number of benzene rings is 3. The number of hydrogen-bond donors (Lipinski definition) is 0. The van der Waals surface area contributed by atoms with Gasteiger partial charge in [-0.1, -0.05) is 41.9 Å². The first-order valence-corrected chi connectivity index (χ1v) is 11.0. The zero-order valence-corrected chi connectivity index (χ0v) is 19.4. The fraction of sp³-hybridized carbons (Fsp3) is 0.148. The van der Waals surface area contributed by atoms with Gasteiger partial charge in [-0.25, -0.2) is 0 Å². The average Bonchev–Trinajstić information content (AvgIpc) is 2.83. The molecule has 7 heteroatoms. The van der Waals surface area contributed by atoms with Gasteiger partial charge in [0.05, 0.1) is 23.2 Å². The lowest BCUT2D eigenvalue weighted by Crippen LogP contribution is -2.03. The highest BCUT2D eigenvalue weighted by Gasteiger charge is 2.15. The summed E-state index contributed by atoms with van der Waals surface area (Å²) in [6.07, 6.45) is 3.97. The Morgan fingerprint density at radius 2 is 1.94 bits per heavy atom. The topological polar surface area (TPSA) is 85.4 Å². The normalized spacial score (nSPS) is 10.9. The van der Waals surface area contributed by atoms with Gasteiger partial charge in [0, 0.05) is 22.7 Å². The van der Waals surface area contributed by atoms with Crippen molar-refractivity contribution in [2.24, 2.45) is 0 Å². The molecular formula is C27H23ClN2O4. The van der Waals surface area contributed by atoms with E-state index in [2.05, 4.69) is 12.6 Å². The molecule has 0 saturated carbocycles. The Balaban J connectivity index is 2.01. The predicted octanol–water partition coefficient (Wildman–Crippen LogP) is 7.02. The molecule has 0 spiro atoms. The Morgan fingerprint density at radius 3 is 2.59 bits per heavy atom. The Kier molecular flexibility index (Phi) is 8.44. The van der Waals surface area contributed by atoms with Crippen LogP contribution in [0.3, 0.4) is 0 Å². The number of allylic oxidation sites excluding steroid dienone is 2. The number of non-ortho nitro benzene ring substituents is 1. The molecular weight excluding hydrogens is 452 g/mol. The molecule has 0 aliphatic carbocycles. The van der Waals surface area contributed by atoms with Crippen molar-refractivity contribution in [3.8, 4) is 17.6 Å². The van der Waals surface area contributed by atoms with Crippen LogP contribution in [0.4, 0.5) is 5.69 Å². The molecule has 34 heavy (non-hydrogen) atoms. The van der Waals surface area contributed by atoms with Gasteiger partial charge in [-0.05, 0) is 60.4 Å². The first-order valence-electron chi connectivity index (χ1n) is 10.6. The lowest BCUT2D eigenvalue weighted by molar-refractivity contribution is -0.384. The van der Waals surface area contributed by atoms with E-state index in [0.717, 1.165) is 11.1 Å². The number of nitro benzene ring substituents is 1. The van der Waals surface area contributed by atoms with Gasteiger partial charge in [-0.3, -0.25) is 10.1 Å². The van der Waals surface area contributed by atoms with Gasteiger partial charge in [-0.2, -0.15) is 5.26 Å². The van der Waals surface area contributed by atoms with Crippen molar-refractivity contribution in [1.82, 2.24) is 0 Å². The maximum atomic E-state index is 11.1. The zero-order chi connectivity index (χ0) is 24.5. The standard InChI is InChI=1S/C27H23ClN2O4/c1-3-6-22-13-20(14-23(17-29)21-7-5-8-25(16-21)30(31)32)15-26(33-4-2)27(22)34-18-19-9-11-24(28)12-10-19/h3,5,7-16H,1,4,6,18H2,2H3/b23-14-. The summed E-state index contributed by atoms with van der Waals surface area (Å²) in [5, 5.41) is 21.5. The highest BCUT2D eigenvalue weighted by molar-refractivity contribution is 6.30. The molecule has 0 aromatic heterocycles. The third kappa shape index (κ3) is 6.25. The molecule has 0 saturated heterocycles. The number of rotatable bonds is 10. The second-order valence-electron chi connectivity index (χ2n) is 7.33. The lowest BCUT2D eigenvalue weighted by atomic mass is 10.0. The molecule has 0 amide bonds. The van der Waals surface area contributed by atoms with E-state index in [-0.39, 0.29) is 5.69 Å². The summed E-state index contributed by atoms with van der Waals surface area (Å²) in [6.45, 7) is 6.47. The quantitative estimate of drug-likeness (QED) is 0.104. The lowest BCUT2D eigenvalue weighted by Gasteiger charge is -2.17.